The number of aromatic amines is 1. The van der Waals surface area contributed by atoms with Crippen molar-refractivity contribution in [1.29, 1.82) is 0 Å². The first-order valence-corrected chi connectivity index (χ1v) is 6.96. The molecular weight excluding hydrogens is 258 g/mol. The van der Waals surface area contributed by atoms with Crippen LogP contribution in [-0.2, 0) is 4.79 Å². The molecule has 0 saturated carbocycles. The first-order chi connectivity index (χ1) is 9.52. The van der Waals surface area contributed by atoms with E-state index >= 15 is 0 Å². The fraction of sp³-hybridized carbons (Fsp3) is 0.692. The lowest BCUT2D eigenvalue weighted by atomic mass is 9.97. The molecule has 1 aromatic heterocycles. The number of carbonyl (C=O) groups excluding carboxylic acids is 2. The maximum atomic E-state index is 12.3. The highest BCUT2D eigenvalue weighted by atomic mass is 16.2. The van der Waals surface area contributed by atoms with Gasteiger partial charge in [-0.15, -0.1) is 5.10 Å². The van der Waals surface area contributed by atoms with Gasteiger partial charge in [0.1, 0.15) is 5.82 Å². The van der Waals surface area contributed by atoms with E-state index < -0.39 is 0 Å². The third-order valence-electron chi connectivity index (χ3n) is 3.57. The minimum absolute atomic E-state index is 0.0136. The molecule has 1 saturated heterocycles. The molecule has 0 radical (unpaired) electrons. The first-order valence-electron chi connectivity index (χ1n) is 6.96. The standard InChI is InChI=1S/C13H21N5O2/c1-8(2)10-15-11(17-16-10)13(20)18-6-4-5-9(7-18)12(19)14-3/h8-9H,4-7H2,1-3H3,(H,14,19)(H,15,16,17). The highest BCUT2D eigenvalue weighted by molar-refractivity contribution is 5.91. The number of hydrogen-bond donors (Lipinski definition) is 2. The number of aromatic nitrogens is 3. The highest BCUT2D eigenvalue weighted by Crippen LogP contribution is 2.18. The van der Waals surface area contributed by atoms with E-state index in [0.29, 0.717) is 18.9 Å². The van der Waals surface area contributed by atoms with E-state index in [1.807, 2.05) is 13.8 Å². The van der Waals surface area contributed by atoms with Crippen LogP contribution in [0.5, 0.6) is 0 Å². The fourth-order valence-corrected chi connectivity index (χ4v) is 2.35. The number of likely N-dealkylation sites (tertiary alicyclic amines) is 1. The summed E-state index contributed by atoms with van der Waals surface area (Å²) in [5.74, 6) is 0.729. The predicted molar refractivity (Wildman–Crippen MR) is 73.2 cm³/mol. The zero-order valence-corrected chi connectivity index (χ0v) is 12.1. The SMILES string of the molecule is CNC(=O)C1CCCN(C(=O)c2n[nH]c(C(C)C)n2)C1. The van der Waals surface area contributed by atoms with E-state index in [1.165, 1.54) is 0 Å². The Morgan fingerprint density at radius 3 is 2.80 bits per heavy atom. The number of nitrogens with one attached hydrogen (secondary N) is 2. The zero-order chi connectivity index (χ0) is 14.7. The van der Waals surface area contributed by atoms with Crippen LogP contribution in [0.1, 0.15) is 49.1 Å². The minimum atomic E-state index is -0.207. The highest BCUT2D eigenvalue weighted by Gasteiger charge is 2.30. The van der Waals surface area contributed by atoms with Crippen molar-refractivity contribution < 1.29 is 9.59 Å². The second-order valence-corrected chi connectivity index (χ2v) is 5.40. The number of nitrogens with zero attached hydrogens (tertiary/aromatic N) is 3. The molecule has 2 heterocycles. The summed E-state index contributed by atoms with van der Waals surface area (Å²) in [5.41, 5.74) is 0. The van der Waals surface area contributed by atoms with Crippen LogP contribution in [0.2, 0.25) is 0 Å². The summed E-state index contributed by atoms with van der Waals surface area (Å²) in [6.45, 7) is 5.05. The molecule has 1 aliphatic heterocycles. The van der Waals surface area contributed by atoms with E-state index in [0.717, 1.165) is 12.8 Å². The van der Waals surface area contributed by atoms with Crippen LogP contribution >= 0.6 is 0 Å². The van der Waals surface area contributed by atoms with E-state index in [9.17, 15) is 9.59 Å². The topological polar surface area (TPSA) is 91.0 Å². The largest absolute Gasteiger partial charge is 0.359 e. The van der Waals surface area contributed by atoms with Crippen molar-refractivity contribution in [3.05, 3.63) is 11.6 Å². The molecule has 7 nitrogen and oxygen atoms in total. The maximum absolute atomic E-state index is 12.3. The summed E-state index contributed by atoms with van der Waals surface area (Å²) in [7, 11) is 1.62. The average molecular weight is 279 g/mol. The van der Waals surface area contributed by atoms with Crippen LogP contribution in [0, 0.1) is 5.92 Å². The number of amides is 2. The summed E-state index contributed by atoms with van der Waals surface area (Å²) in [4.78, 5) is 29.9. The monoisotopic (exact) mass is 279 g/mol. The minimum Gasteiger partial charge on any atom is -0.359 e. The normalized spacial score (nSPS) is 19.2. The Morgan fingerprint density at radius 2 is 2.20 bits per heavy atom. The average Bonchev–Trinajstić information content (AvgIpc) is 2.95. The Morgan fingerprint density at radius 1 is 1.45 bits per heavy atom. The van der Waals surface area contributed by atoms with E-state index in [4.69, 9.17) is 0 Å². The molecule has 1 fully saturated rings. The predicted octanol–water partition coefficient (Wildman–Crippen LogP) is 0.526. The van der Waals surface area contributed by atoms with Crippen molar-refractivity contribution in [3.63, 3.8) is 0 Å². The van der Waals surface area contributed by atoms with Gasteiger partial charge >= 0.3 is 0 Å². The van der Waals surface area contributed by atoms with Crippen molar-refractivity contribution in [2.45, 2.75) is 32.6 Å². The second kappa shape index (κ2) is 6.02. The van der Waals surface area contributed by atoms with Gasteiger partial charge in [0, 0.05) is 26.1 Å². The number of piperidine rings is 1. The van der Waals surface area contributed by atoms with Gasteiger partial charge in [-0.05, 0) is 12.8 Å². The van der Waals surface area contributed by atoms with E-state index in [1.54, 1.807) is 11.9 Å². The van der Waals surface area contributed by atoms with Crippen LogP contribution in [-0.4, -0.2) is 52.0 Å². The first kappa shape index (κ1) is 14.5. The van der Waals surface area contributed by atoms with Crippen LogP contribution in [0.25, 0.3) is 0 Å². The lowest BCUT2D eigenvalue weighted by molar-refractivity contribution is -0.125. The van der Waals surface area contributed by atoms with E-state index in [-0.39, 0.29) is 29.5 Å². The van der Waals surface area contributed by atoms with Gasteiger partial charge in [-0.3, -0.25) is 14.7 Å². The number of carbonyl (C=O) groups is 2. The van der Waals surface area contributed by atoms with Crippen molar-refractivity contribution >= 4 is 11.8 Å². The molecule has 1 atom stereocenters. The number of hydrogen-bond acceptors (Lipinski definition) is 4. The Hall–Kier alpha value is -1.92. The lowest BCUT2D eigenvalue weighted by Crippen LogP contribution is -2.45. The molecule has 7 heteroatoms. The molecule has 1 aliphatic rings. The molecule has 0 aromatic carbocycles. The molecule has 0 bridgehead atoms. The van der Waals surface area contributed by atoms with Gasteiger partial charge in [0.25, 0.3) is 5.91 Å². The number of H-pyrrole nitrogens is 1. The van der Waals surface area contributed by atoms with Gasteiger partial charge in [-0.2, -0.15) is 0 Å². The molecular formula is C13H21N5O2. The summed E-state index contributed by atoms with van der Waals surface area (Å²) in [6.07, 6.45) is 1.64. The summed E-state index contributed by atoms with van der Waals surface area (Å²) in [5, 5.41) is 9.40. The van der Waals surface area contributed by atoms with Crippen molar-refractivity contribution in [2.75, 3.05) is 20.1 Å². The molecule has 2 rings (SSSR count). The molecule has 0 aliphatic carbocycles. The molecule has 1 unspecified atom stereocenters. The molecule has 2 amide bonds. The van der Waals surface area contributed by atoms with Crippen molar-refractivity contribution in [1.82, 2.24) is 25.4 Å². The fourth-order valence-electron chi connectivity index (χ4n) is 2.35. The molecule has 2 N–H and O–H groups in total. The smallest absolute Gasteiger partial charge is 0.293 e. The van der Waals surface area contributed by atoms with Gasteiger partial charge in [0.05, 0.1) is 5.92 Å². The third-order valence-corrected chi connectivity index (χ3v) is 3.57. The Kier molecular flexibility index (Phi) is 4.36. The quantitative estimate of drug-likeness (QED) is 0.844. The van der Waals surface area contributed by atoms with Crippen molar-refractivity contribution in [2.24, 2.45) is 5.92 Å². The maximum Gasteiger partial charge on any atom is 0.293 e. The molecule has 1 aromatic rings. The molecule has 110 valence electrons. The zero-order valence-electron chi connectivity index (χ0n) is 12.1. The van der Waals surface area contributed by atoms with E-state index in [2.05, 4.69) is 20.5 Å². The van der Waals surface area contributed by atoms with Crippen molar-refractivity contribution in [3.8, 4) is 0 Å². The summed E-state index contributed by atoms with van der Waals surface area (Å²) < 4.78 is 0. The van der Waals surface area contributed by atoms with Crippen LogP contribution in [0.3, 0.4) is 0 Å². The Labute approximate surface area is 118 Å². The van der Waals surface area contributed by atoms with Crippen LogP contribution < -0.4 is 5.32 Å². The Balaban J connectivity index is 2.06. The molecule has 0 spiro atoms. The van der Waals surface area contributed by atoms with Gasteiger partial charge in [0.15, 0.2) is 0 Å². The summed E-state index contributed by atoms with van der Waals surface area (Å²) >= 11 is 0. The Bertz CT molecular complexity index is 497. The molecule has 20 heavy (non-hydrogen) atoms. The van der Waals surface area contributed by atoms with Gasteiger partial charge < -0.3 is 10.2 Å². The van der Waals surface area contributed by atoms with Gasteiger partial charge in [0.2, 0.25) is 11.7 Å². The number of rotatable bonds is 3. The van der Waals surface area contributed by atoms with Gasteiger partial charge in [-0.25, -0.2) is 4.98 Å². The third kappa shape index (κ3) is 2.97. The summed E-state index contributed by atoms with van der Waals surface area (Å²) in [6, 6.07) is 0. The van der Waals surface area contributed by atoms with Crippen LogP contribution in [0.4, 0.5) is 0 Å². The van der Waals surface area contributed by atoms with Crippen LogP contribution in [0.15, 0.2) is 0 Å². The lowest BCUT2D eigenvalue weighted by Gasteiger charge is -2.30. The van der Waals surface area contributed by atoms with Gasteiger partial charge in [-0.1, -0.05) is 13.8 Å². The second-order valence-electron chi connectivity index (χ2n) is 5.40.